The van der Waals surface area contributed by atoms with Crippen molar-refractivity contribution in [3.05, 3.63) is 29.3 Å². The second kappa shape index (κ2) is 5.16. The van der Waals surface area contributed by atoms with E-state index in [0.717, 1.165) is 6.42 Å². The van der Waals surface area contributed by atoms with Gasteiger partial charge >= 0.3 is 0 Å². The number of benzene rings is 1. The van der Waals surface area contributed by atoms with Crippen LogP contribution in [0.15, 0.2) is 18.2 Å². The molecule has 0 spiro atoms. The highest BCUT2D eigenvalue weighted by Crippen LogP contribution is 2.21. The molecule has 16 heavy (non-hydrogen) atoms. The van der Waals surface area contributed by atoms with Crippen LogP contribution in [0.4, 0.5) is 0 Å². The van der Waals surface area contributed by atoms with E-state index in [9.17, 15) is 0 Å². The van der Waals surface area contributed by atoms with Crippen LogP contribution >= 0.6 is 0 Å². The Bertz CT molecular complexity index is 414. The predicted molar refractivity (Wildman–Crippen MR) is 64.3 cm³/mol. The van der Waals surface area contributed by atoms with Gasteiger partial charge in [-0.05, 0) is 12.5 Å². The number of hydrogen-bond acceptors (Lipinski definition) is 3. The monoisotopic (exact) mass is 220 g/mol. The molecule has 0 atom stereocenters. The maximum absolute atomic E-state index is 7.49. The lowest BCUT2D eigenvalue weighted by Crippen LogP contribution is -2.21. The van der Waals surface area contributed by atoms with Gasteiger partial charge in [-0.15, -0.1) is 0 Å². The van der Waals surface area contributed by atoms with Gasteiger partial charge in [0, 0.05) is 5.56 Å². The number of rotatable bonds is 5. The number of amidine groups is 2. The second-order valence-electron chi connectivity index (χ2n) is 3.35. The van der Waals surface area contributed by atoms with Gasteiger partial charge in [-0.2, -0.15) is 0 Å². The zero-order valence-electron chi connectivity index (χ0n) is 9.21. The minimum atomic E-state index is -0.142. The van der Waals surface area contributed by atoms with Crippen molar-refractivity contribution in [2.45, 2.75) is 13.3 Å². The van der Waals surface area contributed by atoms with Crippen molar-refractivity contribution in [1.29, 1.82) is 10.8 Å². The normalized spacial score (nSPS) is 9.81. The third-order valence-corrected chi connectivity index (χ3v) is 2.05. The molecule has 6 N–H and O–H groups in total. The van der Waals surface area contributed by atoms with Crippen molar-refractivity contribution in [3.8, 4) is 5.75 Å². The highest BCUT2D eigenvalue weighted by molar-refractivity contribution is 6.09. The van der Waals surface area contributed by atoms with Crippen LogP contribution in [0.1, 0.15) is 24.5 Å². The first-order chi connectivity index (χ1) is 7.57. The van der Waals surface area contributed by atoms with E-state index < -0.39 is 0 Å². The Morgan fingerprint density at radius 3 is 2.44 bits per heavy atom. The summed E-state index contributed by atoms with van der Waals surface area (Å²) < 4.78 is 5.47. The van der Waals surface area contributed by atoms with Crippen LogP contribution in [-0.4, -0.2) is 18.3 Å². The van der Waals surface area contributed by atoms with Gasteiger partial charge in [-0.1, -0.05) is 19.1 Å². The fourth-order valence-corrected chi connectivity index (χ4v) is 1.37. The van der Waals surface area contributed by atoms with Crippen LogP contribution in [0.2, 0.25) is 0 Å². The molecule has 0 bridgehead atoms. The minimum Gasteiger partial charge on any atom is -0.493 e. The molecule has 0 aliphatic rings. The van der Waals surface area contributed by atoms with Crippen LogP contribution in [-0.2, 0) is 0 Å². The topological polar surface area (TPSA) is 109 Å². The van der Waals surface area contributed by atoms with Crippen molar-refractivity contribution in [2.24, 2.45) is 11.5 Å². The van der Waals surface area contributed by atoms with Gasteiger partial charge in [0.2, 0.25) is 0 Å². The summed E-state index contributed by atoms with van der Waals surface area (Å²) in [5.41, 5.74) is 11.7. The van der Waals surface area contributed by atoms with Crippen LogP contribution in [0.5, 0.6) is 5.75 Å². The van der Waals surface area contributed by atoms with Gasteiger partial charge in [0.1, 0.15) is 17.4 Å². The fraction of sp³-hybridized carbons (Fsp3) is 0.273. The summed E-state index contributed by atoms with van der Waals surface area (Å²) in [5, 5.41) is 14.9. The van der Waals surface area contributed by atoms with Crippen molar-refractivity contribution in [1.82, 2.24) is 0 Å². The van der Waals surface area contributed by atoms with Crippen molar-refractivity contribution < 1.29 is 4.74 Å². The van der Waals surface area contributed by atoms with Crippen LogP contribution in [0.3, 0.4) is 0 Å². The molecule has 0 aliphatic carbocycles. The molecule has 0 radical (unpaired) electrons. The van der Waals surface area contributed by atoms with E-state index in [2.05, 4.69) is 0 Å². The molecule has 0 saturated heterocycles. The van der Waals surface area contributed by atoms with Crippen molar-refractivity contribution in [3.63, 3.8) is 0 Å². The zero-order chi connectivity index (χ0) is 12.1. The van der Waals surface area contributed by atoms with E-state index in [1.165, 1.54) is 0 Å². The molecular formula is C11H16N4O. The molecule has 0 heterocycles. The standard InChI is InChI=1S/C11H16N4O/c1-2-6-16-8-5-3-4-7(10(12)13)9(8)11(14)15/h3-5H,2,6H2,1H3,(H3,12,13)(H3,14,15). The first kappa shape index (κ1) is 12.0. The molecule has 0 aromatic heterocycles. The van der Waals surface area contributed by atoms with Gasteiger partial charge in [0.05, 0.1) is 12.2 Å². The molecular weight excluding hydrogens is 204 g/mol. The smallest absolute Gasteiger partial charge is 0.130 e. The van der Waals surface area contributed by atoms with Crippen molar-refractivity contribution >= 4 is 11.7 Å². The lowest BCUT2D eigenvalue weighted by Gasteiger charge is -2.13. The maximum Gasteiger partial charge on any atom is 0.130 e. The second-order valence-corrected chi connectivity index (χ2v) is 3.35. The highest BCUT2D eigenvalue weighted by atomic mass is 16.5. The van der Waals surface area contributed by atoms with Gasteiger partial charge in [0.15, 0.2) is 0 Å². The summed E-state index contributed by atoms with van der Waals surface area (Å²) in [6, 6.07) is 5.10. The van der Waals surface area contributed by atoms with Gasteiger partial charge in [-0.3, -0.25) is 10.8 Å². The first-order valence-corrected chi connectivity index (χ1v) is 5.02. The van der Waals surface area contributed by atoms with Gasteiger partial charge < -0.3 is 16.2 Å². The molecule has 0 fully saturated rings. The fourth-order valence-electron chi connectivity index (χ4n) is 1.37. The van der Waals surface area contributed by atoms with Gasteiger partial charge in [0.25, 0.3) is 0 Å². The third-order valence-electron chi connectivity index (χ3n) is 2.05. The van der Waals surface area contributed by atoms with Crippen LogP contribution < -0.4 is 16.2 Å². The summed E-state index contributed by atoms with van der Waals surface area (Å²) in [6.45, 7) is 2.53. The lowest BCUT2D eigenvalue weighted by molar-refractivity contribution is 0.317. The molecule has 1 aromatic rings. The molecule has 0 amide bonds. The zero-order valence-corrected chi connectivity index (χ0v) is 9.21. The predicted octanol–water partition coefficient (Wildman–Crippen LogP) is 1.04. The summed E-state index contributed by atoms with van der Waals surface area (Å²) in [4.78, 5) is 0. The SMILES string of the molecule is CCCOc1cccc(C(=N)N)c1C(=N)N. The maximum atomic E-state index is 7.49. The molecule has 0 aliphatic heterocycles. The highest BCUT2D eigenvalue weighted by Gasteiger charge is 2.13. The molecule has 0 saturated carbocycles. The van der Waals surface area contributed by atoms with E-state index in [0.29, 0.717) is 23.5 Å². The molecule has 5 heteroatoms. The largest absolute Gasteiger partial charge is 0.493 e. The Hall–Kier alpha value is -2.04. The van der Waals surface area contributed by atoms with E-state index in [1.807, 2.05) is 6.92 Å². The van der Waals surface area contributed by atoms with Gasteiger partial charge in [-0.25, -0.2) is 0 Å². The van der Waals surface area contributed by atoms with E-state index in [4.69, 9.17) is 27.0 Å². The van der Waals surface area contributed by atoms with E-state index in [-0.39, 0.29) is 11.7 Å². The lowest BCUT2D eigenvalue weighted by atomic mass is 10.0. The van der Waals surface area contributed by atoms with Crippen LogP contribution in [0.25, 0.3) is 0 Å². The quantitative estimate of drug-likeness (QED) is 0.439. The Kier molecular flexibility index (Phi) is 3.88. The summed E-state index contributed by atoms with van der Waals surface area (Å²) in [7, 11) is 0. The van der Waals surface area contributed by atoms with Crippen LogP contribution in [0, 0.1) is 10.8 Å². The van der Waals surface area contributed by atoms with Crippen molar-refractivity contribution in [2.75, 3.05) is 6.61 Å². The molecule has 0 unspecified atom stereocenters. The number of hydrogen-bond donors (Lipinski definition) is 4. The molecule has 1 aromatic carbocycles. The summed E-state index contributed by atoms with van der Waals surface area (Å²) >= 11 is 0. The average Bonchev–Trinajstić information content (AvgIpc) is 2.25. The molecule has 5 nitrogen and oxygen atoms in total. The number of ether oxygens (including phenoxy) is 1. The number of nitrogens with two attached hydrogens (primary N) is 2. The van der Waals surface area contributed by atoms with E-state index in [1.54, 1.807) is 18.2 Å². The number of nitrogen functional groups attached to an aromatic ring is 2. The summed E-state index contributed by atoms with van der Waals surface area (Å²) in [5.74, 6) is 0.242. The Balaban J connectivity index is 3.21. The first-order valence-electron chi connectivity index (χ1n) is 5.02. The van der Waals surface area contributed by atoms with E-state index >= 15 is 0 Å². The Labute approximate surface area is 94.4 Å². The Morgan fingerprint density at radius 2 is 1.94 bits per heavy atom. The molecule has 86 valence electrons. The average molecular weight is 220 g/mol. The Morgan fingerprint density at radius 1 is 1.25 bits per heavy atom. The minimum absolute atomic E-state index is 0.118. The third kappa shape index (κ3) is 2.50. The summed E-state index contributed by atoms with van der Waals surface area (Å²) in [6.07, 6.45) is 0.863. The molecule has 1 rings (SSSR count). The number of nitrogens with one attached hydrogen (secondary N) is 2.